The Morgan fingerprint density at radius 1 is 1.22 bits per heavy atom. The van der Waals surface area contributed by atoms with Gasteiger partial charge in [-0.05, 0) is 26.0 Å². The molecule has 126 valence electrons. The molecule has 0 aliphatic rings. The van der Waals surface area contributed by atoms with Gasteiger partial charge in [0, 0.05) is 13.1 Å². The number of benzene rings is 1. The van der Waals surface area contributed by atoms with Crippen molar-refractivity contribution in [3.05, 3.63) is 35.9 Å². The Hall–Kier alpha value is -2.50. The maximum Gasteiger partial charge on any atom is 0.342 e. The van der Waals surface area contributed by atoms with Crippen LogP contribution in [0.15, 0.2) is 30.4 Å². The molecule has 23 heavy (non-hydrogen) atoms. The Labute approximate surface area is 136 Å². The second-order valence-electron chi connectivity index (χ2n) is 4.98. The molecule has 0 radical (unpaired) electrons. The van der Waals surface area contributed by atoms with E-state index in [1.165, 1.54) is 14.2 Å². The van der Waals surface area contributed by atoms with Gasteiger partial charge >= 0.3 is 5.97 Å². The first-order valence-electron chi connectivity index (χ1n) is 7.24. The summed E-state index contributed by atoms with van der Waals surface area (Å²) in [4.78, 5) is 25.8. The van der Waals surface area contributed by atoms with Crippen LogP contribution in [-0.4, -0.2) is 50.7 Å². The maximum absolute atomic E-state index is 12.2. The van der Waals surface area contributed by atoms with Gasteiger partial charge in [0.25, 0.3) is 5.91 Å². The second-order valence-corrected chi connectivity index (χ2v) is 4.98. The van der Waals surface area contributed by atoms with Crippen LogP contribution in [0.1, 0.15) is 24.2 Å². The van der Waals surface area contributed by atoms with E-state index in [9.17, 15) is 9.59 Å². The third kappa shape index (κ3) is 5.02. The first-order valence-corrected chi connectivity index (χ1v) is 7.24. The number of methoxy groups -OCH3 is 2. The van der Waals surface area contributed by atoms with E-state index in [1.54, 1.807) is 23.1 Å². The molecular weight excluding hydrogens is 298 g/mol. The summed E-state index contributed by atoms with van der Waals surface area (Å²) in [6, 6.07) is 4.88. The number of hydrogen-bond acceptors (Lipinski definition) is 5. The van der Waals surface area contributed by atoms with Gasteiger partial charge in [-0.25, -0.2) is 4.79 Å². The highest BCUT2D eigenvalue weighted by Gasteiger charge is 2.20. The Balaban J connectivity index is 2.77. The van der Waals surface area contributed by atoms with Crippen LogP contribution in [0.2, 0.25) is 0 Å². The van der Waals surface area contributed by atoms with E-state index in [2.05, 4.69) is 6.58 Å². The molecule has 0 aromatic heterocycles. The van der Waals surface area contributed by atoms with E-state index >= 15 is 0 Å². The molecule has 0 aliphatic heterocycles. The van der Waals surface area contributed by atoms with E-state index in [4.69, 9.17) is 14.2 Å². The van der Waals surface area contributed by atoms with Gasteiger partial charge in [-0.2, -0.15) is 0 Å². The van der Waals surface area contributed by atoms with E-state index in [0.717, 1.165) is 5.57 Å². The Morgan fingerprint density at radius 3 is 2.43 bits per heavy atom. The lowest BCUT2D eigenvalue weighted by Gasteiger charge is -2.20. The minimum Gasteiger partial charge on any atom is -0.493 e. The lowest BCUT2D eigenvalue weighted by atomic mass is 10.2. The molecule has 0 unspecified atom stereocenters. The van der Waals surface area contributed by atoms with Gasteiger partial charge in [0.1, 0.15) is 5.56 Å². The van der Waals surface area contributed by atoms with Crippen LogP contribution in [0.3, 0.4) is 0 Å². The van der Waals surface area contributed by atoms with Crippen molar-refractivity contribution < 1.29 is 23.8 Å². The quantitative estimate of drug-likeness (QED) is 0.543. The Bertz CT molecular complexity index is 582. The number of rotatable bonds is 8. The zero-order chi connectivity index (χ0) is 17.4. The van der Waals surface area contributed by atoms with E-state index in [-0.39, 0.29) is 23.8 Å². The molecule has 0 bridgehead atoms. The monoisotopic (exact) mass is 321 g/mol. The summed E-state index contributed by atoms with van der Waals surface area (Å²) in [5.41, 5.74) is 1.07. The molecule has 0 saturated carbocycles. The largest absolute Gasteiger partial charge is 0.493 e. The van der Waals surface area contributed by atoms with Crippen molar-refractivity contribution in [1.82, 2.24) is 4.90 Å². The molecule has 0 N–H and O–H groups in total. The van der Waals surface area contributed by atoms with Crippen molar-refractivity contribution in [3.8, 4) is 11.5 Å². The van der Waals surface area contributed by atoms with Crippen molar-refractivity contribution in [2.24, 2.45) is 0 Å². The SMILES string of the molecule is C=C(C)CN(CC)C(=O)COC(=O)c1cccc(OC)c1OC. The lowest BCUT2D eigenvalue weighted by molar-refractivity contribution is -0.133. The van der Waals surface area contributed by atoms with Gasteiger partial charge < -0.3 is 19.1 Å². The number of nitrogens with zero attached hydrogens (tertiary/aromatic N) is 1. The number of carbonyl (C=O) groups excluding carboxylic acids is 2. The van der Waals surface area contributed by atoms with Gasteiger partial charge in [-0.15, -0.1) is 0 Å². The zero-order valence-electron chi connectivity index (χ0n) is 14.0. The zero-order valence-corrected chi connectivity index (χ0v) is 14.0. The lowest BCUT2D eigenvalue weighted by Crippen LogP contribution is -2.35. The number of esters is 1. The van der Waals surface area contributed by atoms with Gasteiger partial charge in [0.05, 0.1) is 14.2 Å². The van der Waals surface area contributed by atoms with Crippen LogP contribution < -0.4 is 9.47 Å². The molecule has 0 atom stereocenters. The van der Waals surface area contributed by atoms with E-state index in [1.807, 2.05) is 13.8 Å². The van der Waals surface area contributed by atoms with Gasteiger partial charge in [-0.1, -0.05) is 18.2 Å². The van der Waals surface area contributed by atoms with E-state index < -0.39 is 5.97 Å². The van der Waals surface area contributed by atoms with Crippen LogP contribution in [0, 0.1) is 0 Å². The van der Waals surface area contributed by atoms with Crippen molar-refractivity contribution in [2.45, 2.75) is 13.8 Å². The van der Waals surface area contributed by atoms with Gasteiger partial charge in [-0.3, -0.25) is 4.79 Å². The molecular formula is C17H23NO5. The number of hydrogen-bond donors (Lipinski definition) is 0. The third-order valence-electron chi connectivity index (χ3n) is 3.14. The molecule has 0 spiro atoms. The molecule has 0 saturated heterocycles. The Morgan fingerprint density at radius 2 is 1.91 bits per heavy atom. The summed E-state index contributed by atoms with van der Waals surface area (Å²) in [5, 5.41) is 0. The van der Waals surface area contributed by atoms with E-state index in [0.29, 0.717) is 18.8 Å². The van der Waals surface area contributed by atoms with Crippen molar-refractivity contribution in [1.29, 1.82) is 0 Å². The molecule has 6 nitrogen and oxygen atoms in total. The van der Waals surface area contributed by atoms with Crippen LogP contribution in [0.5, 0.6) is 11.5 Å². The fourth-order valence-electron chi connectivity index (χ4n) is 2.05. The summed E-state index contributed by atoms with van der Waals surface area (Å²) >= 11 is 0. The van der Waals surface area contributed by atoms with Gasteiger partial charge in [0.2, 0.25) is 0 Å². The average Bonchev–Trinajstić information content (AvgIpc) is 2.55. The number of carbonyl (C=O) groups is 2. The van der Waals surface area contributed by atoms with Crippen molar-refractivity contribution >= 4 is 11.9 Å². The predicted octanol–water partition coefficient (Wildman–Crippen LogP) is 2.29. The normalized spacial score (nSPS) is 9.91. The highest BCUT2D eigenvalue weighted by molar-refractivity contribution is 5.95. The van der Waals surface area contributed by atoms with Crippen LogP contribution in [-0.2, 0) is 9.53 Å². The highest BCUT2D eigenvalue weighted by atomic mass is 16.5. The third-order valence-corrected chi connectivity index (χ3v) is 3.14. The van der Waals surface area contributed by atoms with Gasteiger partial charge in [0.15, 0.2) is 18.1 Å². The number of ether oxygens (including phenoxy) is 3. The fourth-order valence-corrected chi connectivity index (χ4v) is 2.05. The Kier molecular flexibility index (Phi) is 7.12. The molecule has 6 heteroatoms. The highest BCUT2D eigenvalue weighted by Crippen LogP contribution is 2.31. The summed E-state index contributed by atoms with van der Waals surface area (Å²) in [7, 11) is 2.92. The summed E-state index contributed by atoms with van der Waals surface area (Å²) in [6.07, 6.45) is 0. The minimum atomic E-state index is -0.638. The summed E-state index contributed by atoms with van der Waals surface area (Å²) in [6.45, 7) is 8.10. The predicted molar refractivity (Wildman–Crippen MR) is 86.9 cm³/mol. The van der Waals surface area contributed by atoms with Crippen LogP contribution >= 0.6 is 0 Å². The average molecular weight is 321 g/mol. The van der Waals surface area contributed by atoms with Crippen molar-refractivity contribution in [2.75, 3.05) is 33.9 Å². The number of para-hydroxylation sites is 1. The van der Waals surface area contributed by atoms with Crippen LogP contribution in [0.4, 0.5) is 0 Å². The molecule has 1 aromatic rings. The van der Waals surface area contributed by atoms with Crippen molar-refractivity contribution in [3.63, 3.8) is 0 Å². The topological polar surface area (TPSA) is 65.1 Å². The molecule has 0 aliphatic carbocycles. The second kappa shape index (κ2) is 8.82. The molecule has 1 amide bonds. The summed E-state index contributed by atoms with van der Waals surface area (Å²) < 4.78 is 15.4. The number of amides is 1. The summed E-state index contributed by atoms with van der Waals surface area (Å²) in [5.74, 6) is -0.210. The molecule has 0 heterocycles. The maximum atomic E-state index is 12.2. The standard InChI is InChI=1S/C17H23NO5/c1-6-18(10-12(2)3)15(19)11-23-17(20)13-8-7-9-14(21-4)16(13)22-5/h7-9H,2,6,10-11H2,1,3-5H3. The smallest absolute Gasteiger partial charge is 0.342 e. The molecule has 1 rings (SSSR count). The number of likely N-dealkylation sites (N-methyl/N-ethyl adjacent to an activating group) is 1. The first-order chi connectivity index (χ1) is 10.9. The molecule has 1 aromatic carbocycles. The first kappa shape index (κ1) is 18.5. The fraction of sp³-hybridized carbons (Fsp3) is 0.412. The minimum absolute atomic E-state index is 0.211. The molecule has 0 fully saturated rings. The van der Waals surface area contributed by atoms with Crippen LogP contribution in [0.25, 0.3) is 0 Å².